The van der Waals surface area contributed by atoms with Gasteiger partial charge in [-0.3, -0.25) is 4.79 Å². The number of aromatic nitrogens is 1. The first-order chi connectivity index (χ1) is 17.5. The Kier molecular flexibility index (Phi) is 7.23. The van der Waals surface area contributed by atoms with E-state index in [4.69, 9.17) is 16.0 Å². The molecule has 0 radical (unpaired) electrons. The van der Waals surface area contributed by atoms with E-state index in [0.29, 0.717) is 11.8 Å². The van der Waals surface area contributed by atoms with Crippen LogP contribution in [0.15, 0.2) is 24.4 Å². The average molecular weight is 540 g/mol. The van der Waals surface area contributed by atoms with Gasteiger partial charge in [0.1, 0.15) is 5.15 Å². The zero-order valence-corrected chi connectivity index (χ0v) is 25.1. The van der Waals surface area contributed by atoms with Crippen LogP contribution in [0.3, 0.4) is 0 Å². The number of amides is 1. The van der Waals surface area contributed by atoms with Crippen LogP contribution >= 0.6 is 11.6 Å². The van der Waals surface area contributed by atoms with E-state index in [1.54, 1.807) is 0 Å². The van der Waals surface area contributed by atoms with Crippen LogP contribution < -0.4 is 4.90 Å². The molecule has 0 bridgehead atoms. The fourth-order valence-electron chi connectivity index (χ4n) is 6.24. The van der Waals surface area contributed by atoms with Crippen molar-refractivity contribution in [2.75, 3.05) is 18.6 Å². The largest absolute Gasteiger partial charge is 0.412 e. The topological polar surface area (TPSA) is 45.7 Å². The van der Waals surface area contributed by atoms with Crippen LogP contribution in [0.2, 0.25) is 23.3 Å². The molecule has 1 fully saturated rings. The Balaban J connectivity index is 1.49. The van der Waals surface area contributed by atoms with Gasteiger partial charge in [-0.2, -0.15) is 0 Å². The number of benzene rings is 1. The summed E-state index contributed by atoms with van der Waals surface area (Å²) in [7, 11) is 0.213. The fourth-order valence-corrected chi connectivity index (χ4v) is 7.74. The van der Waals surface area contributed by atoms with Gasteiger partial charge in [0, 0.05) is 13.2 Å². The number of carbonyl (C=O) groups excluding carboxylic acids is 1. The molecule has 200 valence electrons. The highest BCUT2D eigenvalue weighted by Crippen LogP contribution is 2.43. The predicted octanol–water partition coefficient (Wildman–Crippen LogP) is 7.00. The number of pyridine rings is 1. The highest BCUT2D eigenvalue weighted by molar-refractivity contribution is 6.74. The fraction of sp³-hybridized carbons (Fsp3) is 0.600. The molecule has 0 N–H and O–H groups in total. The summed E-state index contributed by atoms with van der Waals surface area (Å²) in [6.45, 7) is 12.2. The number of fused-ring (bicyclic) bond motifs is 3. The molecule has 0 unspecified atom stereocenters. The third-order valence-corrected chi connectivity index (χ3v) is 13.9. The zero-order valence-electron chi connectivity index (χ0n) is 23.4. The van der Waals surface area contributed by atoms with Crippen molar-refractivity contribution in [1.82, 2.24) is 9.88 Å². The van der Waals surface area contributed by atoms with Crippen molar-refractivity contribution in [3.63, 3.8) is 0 Å². The summed E-state index contributed by atoms with van der Waals surface area (Å²) in [6, 6.07) is 6.21. The van der Waals surface area contributed by atoms with E-state index in [0.717, 1.165) is 61.8 Å². The van der Waals surface area contributed by atoms with Crippen molar-refractivity contribution in [2.24, 2.45) is 0 Å². The minimum absolute atomic E-state index is 0.114. The van der Waals surface area contributed by atoms with Crippen LogP contribution in [0.5, 0.6) is 0 Å². The number of halogens is 1. The highest BCUT2D eigenvalue weighted by Gasteiger charge is 2.45. The standard InChI is InChI=1S/C30H42ClN3O2Si/c1-30(2,3)37(5,6)36-26-13-8-7-12-25(26)34-19-33(4)28-23-11-9-10-22(23)21(17-24(28)29(34)35)16-20-14-15-27(31)32-18-20/h14-15,17-18,25-26H,7-13,16,19H2,1-6H3/t25-,26-/m0/s1. The second-order valence-corrected chi connectivity index (χ2v) is 17.9. The van der Waals surface area contributed by atoms with Gasteiger partial charge in [-0.25, -0.2) is 4.98 Å². The lowest BCUT2D eigenvalue weighted by Crippen LogP contribution is -2.58. The van der Waals surface area contributed by atoms with Crippen molar-refractivity contribution in [3.05, 3.63) is 57.4 Å². The molecular formula is C30H42ClN3O2Si. The summed E-state index contributed by atoms with van der Waals surface area (Å²) in [5.41, 5.74) is 7.22. The lowest BCUT2D eigenvalue weighted by atomic mass is 9.88. The molecule has 1 amide bonds. The first kappa shape index (κ1) is 26.7. The molecule has 1 saturated carbocycles. The van der Waals surface area contributed by atoms with Gasteiger partial charge in [0.25, 0.3) is 5.91 Å². The molecule has 1 aliphatic heterocycles. The number of anilines is 1. The number of nitrogens with zero attached hydrogens (tertiary/aromatic N) is 3. The van der Waals surface area contributed by atoms with Crippen molar-refractivity contribution in [1.29, 1.82) is 0 Å². The molecule has 5 rings (SSSR count). The number of hydrogen-bond acceptors (Lipinski definition) is 4. The Labute approximate surface area is 228 Å². The first-order valence-corrected chi connectivity index (χ1v) is 17.2. The molecule has 2 heterocycles. The van der Waals surface area contributed by atoms with Crippen LogP contribution in [0.25, 0.3) is 0 Å². The minimum atomic E-state index is -1.95. The molecule has 2 atom stereocenters. The van der Waals surface area contributed by atoms with Crippen molar-refractivity contribution in [2.45, 2.75) is 102 Å². The van der Waals surface area contributed by atoms with E-state index in [1.807, 2.05) is 18.3 Å². The molecule has 0 spiro atoms. The molecule has 1 aromatic carbocycles. The van der Waals surface area contributed by atoms with Crippen LogP contribution in [0.1, 0.15) is 85.5 Å². The van der Waals surface area contributed by atoms with E-state index >= 15 is 0 Å². The lowest BCUT2D eigenvalue weighted by molar-refractivity contribution is 0.0217. The summed E-state index contributed by atoms with van der Waals surface area (Å²) in [4.78, 5) is 23.0. The maximum absolute atomic E-state index is 14.2. The summed E-state index contributed by atoms with van der Waals surface area (Å²) in [5, 5.41) is 0.657. The van der Waals surface area contributed by atoms with Gasteiger partial charge in [-0.1, -0.05) is 51.3 Å². The molecule has 1 aromatic heterocycles. The molecule has 37 heavy (non-hydrogen) atoms. The highest BCUT2D eigenvalue weighted by atomic mass is 35.5. The molecule has 7 heteroatoms. The van der Waals surface area contributed by atoms with Crippen molar-refractivity contribution in [3.8, 4) is 0 Å². The minimum Gasteiger partial charge on any atom is -0.412 e. The maximum Gasteiger partial charge on any atom is 0.257 e. The predicted molar refractivity (Wildman–Crippen MR) is 154 cm³/mol. The molecule has 5 nitrogen and oxygen atoms in total. The van der Waals surface area contributed by atoms with Gasteiger partial charge >= 0.3 is 0 Å². The molecule has 2 aliphatic carbocycles. The second kappa shape index (κ2) is 10.0. The van der Waals surface area contributed by atoms with Crippen LogP contribution in [-0.4, -0.2) is 50.0 Å². The Hall–Kier alpha value is -1.89. The monoisotopic (exact) mass is 539 g/mol. The van der Waals surface area contributed by atoms with Crippen LogP contribution in [0, 0.1) is 0 Å². The zero-order chi connectivity index (χ0) is 26.5. The summed E-state index contributed by atoms with van der Waals surface area (Å²) in [5.74, 6) is 0.175. The summed E-state index contributed by atoms with van der Waals surface area (Å²) >= 11 is 6.03. The molecule has 2 aromatic rings. The van der Waals surface area contributed by atoms with Crippen LogP contribution in [-0.2, 0) is 23.7 Å². The van der Waals surface area contributed by atoms with E-state index in [1.165, 1.54) is 23.1 Å². The normalized spacial score (nSPS) is 22.3. The van der Waals surface area contributed by atoms with E-state index in [-0.39, 0.29) is 23.1 Å². The van der Waals surface area contributed by atoms with Gasteiger partial charge in [-0.15, -0.1) is 0 Å². The smallest absolute Gasteiger partial charge is 0.257 e. The van der Waals surface area contributed by atoms with Gasteiger partial charge in [0.05, 0.1) is 30.1 Å². The Morgan fingerprint density at radius 2 is 1.84 bits per heavy atom. The molecule has 3 aliphatic rings. The third-order valence-electron chi connectivity index (χ3n) is 9.21. The van der Waals surface area contributed by atoms with E-state index < -0.39 is 8.32 Å². The van der Waals surface area contributed by atoms with Crippen molar-refractivity contribution >= 4 is 31.5 Å². The Morgan fingerprint density at radius 3 is 2.54 bits per heavy atom. The average Bonchev–Trinajstić information content (AvgIpc) is 3.32. The van der Waals surface area contributed by atoms with E-state index in [9.17, 15) is 4.79 Å². The Bertz CT molecular complexity index is 1170. The summed E-state index contributed by atoms with van der Waals surface area (Å²) < 4.78 is 6.98. The number of hydrogen-bond donors (Lipinski definition) is 0. The number of carbonyl (C=O) groups is 1. The third kappa shape index (κ3) is 5.09. The van der Waals surface area contributed by atoms with Gasteiger partial charge in [0.2, 0.25) is 0 Å². The lowest BCUT2D eigenvalue weighted by Gasteiger charge is -2.48. The van der Waals surface area contributed by atoms with Gasteiger partial charge in [-0.05, 0) is 91.0 Å². The van der Waals surface area contributed by atoms with Gasteiger partial charge in [0.15, 0.2) is 8.32 Å². The SMILES string of the molecule is CN1CN([C@H]2CCCC[C@@H]2O[Si](C)(C)C(C)(C)C)C(=O)c2cc(Cc3ccc(Cl)nc3)c3c(c21)CCC3. The number of rotatable bonds is 5. The maximum atomic E-state index is 14.2. The quantitative estimate of drug-likeness (QED) is 0.303. The molecule has 0 saturated heterocycles. The second-order valence-electron chi connectivity index (χ2n) is 12.8. The first-order valence-electron chi connectivity index (χ1n) is 13.9. The summed E-state index contributed by atoms with van der Waals surface area (Å²) in [6.07, 6.45) is 10.4. The van der Waals surface area contributed by atoms with Crippen molar-refractivity contribution < 1.29 is 9.22 Å². The van der Waals surface area contributed by atoms with E-state index in [2.05, 4.69) is 61.8 Å². The van der Waals surface area contributed by atoms with Gasteiger partial charge < -0.3 is 14.2 Å². The Morgan fingerprint density at radius 1 is 1.11 bits per heavy atom. The molecular weight excluding hydrogens is 498 g/mol. The van der Waals surface area contributed by atoms with Crippen LogP contribution in [0.4, 0.5) is 5.69 Å².